The van der Waals surface area contributed by atoms with Gasteiger partial charge in [0.1, 0.15) is 13.1 Å². The van der Waals surface area contributed by atoms with E-state index in [9.17, 15) is 9.59 Å². The number of quaternary nitrogens is 1. The van der Waals surface area contributed by atoms with Crippen molar-refractivity contribution in [2.24, 2.45) is 0 Å². The van der Waals surface area contributed by atoms with Crippen LogP contribution in [0.2, 0.25) is 0 Å². The topological polar surface area (TPSA) is 86.1 Å². The number of amides is 1. The summed E-state index contributed by atoms with van der Waals surface area (Å²) in [6.07, 6.45) is 3.21. The van der Waals surface area contributed by atoms with Crippen molar-refractivity contribution < 1.29 is 28.1 Å². The lowest BCUT2D eigenvalue weighted by Crippen LogP contribution is -3.10. The number of anilines is 1. The highest BCUT2D eigenvalue weighted by Gasteiger charge is 2.20. The Hall–Kier alpha value is -3.32. The smallest absolute Gasteiger partial charge is 0.340 e. The van der Waals surface area contributed by atoms with Gasteiger partial charge in [0.15, 0.2) is 18.1 Å². The molecule has 0 saturated carbocycles. The molecule has 0 aliphatic heterocycles. The Bertz CT molecular complexity index is 851. The number of para-hydroxylation sites is 1. The fraction of sp³-hybridized carbons (Fsp3) is 0.238. The maximum absolute atomic E-state index is 12.7. The highest BCUT2D eigenvalue weighted by molar-refractivity contribution is 6.01. The second-order valence-electron chi connectivity index (χ2n) is 6.25. The number of nitrogens with one attached hydrogen (secondary N) is 2. The van der Waals surface area contributed by atoms with Crippen molar-refractivity contribution in [2.75, 3.05) is 18.5 Å². The van der Waals surface area contributed by atoms with E-state index in [2.05, 4.69) is 5.32 Å². The summed E-state index contributed by atoms with van der Waals surface area (Å²) in [5, 5.41) is 2.82. The normalized spacial score (nSPS) is 10.8. The van der Waals surface area contributed by atoms with E-state index in [1.54, 1.807) is 43.7 Å². The maximum atomic E-state index is 12.7. The van der Waals surface area contributed by atoms with E-state index in [1.807, 2.05) is 24.3 Å². The molecule has 1 aromatic carbocycles. The molecular formula is C21H23N2O5+. The molecular weight excluding hydrogens is 360 g/mol. The van der Waals surface area contributed by atoms with Gasteiger partial charge < -0.3 is 23.8 Å². The van der Waals surface area contributed by atoms with Crippen molar-refractivity contribution in [3.63, 3.8) is 0 Å². The monoisotopic (exact) mass is 383 g/mol. The lowest BCUT2D eigenvalue weighted by molar-refractivity contribution is -0.921. The molecule has 3 rings (SSSR count). The Labute approximate surface area is 162 Å². The van der Waals surface area contributed by atoms with Crippen LogP contribution in [0.25, 0.3) is 0 Å². The van der Waals surface area contributed by atoms with Gasteiger partial charge >= 0.3 is 5.97 Å². The number of hydrogen-bond acceptors (Lipinski definition) is 5. The summed E-state index contributed by atoms with van der Waals surface area (Å²) in [6.45, 7) is 3.24. The summed E-state index contributed by atoms with van der Waals surface area (Å²) < 4.78 is 15.9. The molecule has 0 aliphatic carbocycles. The molecule has 146 valence electrons. The van der Waals surface area contributed by atoms with E-state index in [0.29, 0.717) is 24.3 Å². The summed E-state index contributed by atoms with van der Waals surface area (Å²) in [5.41, 5.74) is 0.762. The Morgan fingerprint density at radius 1 is 0.964 bits per heavy atom. The molecule has 0 bridgehead atoms. The Kier molecular flexibility index (Phi) is 6.64. The van der Waals surface area contributed by atoms with Crippen molar-refractivity contribution in [3.8, 4) is 0 Å². The van der Waals surface area contributed by atoms with Gasteiger partial charge in [0.2, 0.25) is 0 Å². The maximum Gasteiger partial charge on any atom is 0.340 e. The van der Waals surface area contributed by atoms with Crippen LogP contribution in [0.5, 0.6) is 0 Å². The predicted octanol–water partition coefficient (Wildman–Crippen LogP) is 2.27. The van der Waals surface area contributed by atoms with Crippen LogP contribution in [-0.2, 0) is 22.6 Å². The van der Waals surface area contributed by atoms with Gasteiger partial charge in [-0.3, -0.25) is 4.79 Å². The van der Waals surface area contributed by atoms with Gasteiger partial charge in [-0.1, -0.05) is 12.1 Å². The third-order valence-corrected chi connectivity index (χ3v) is 4.12. The predicted molar refractivity (Wildman–Crippen MR) is 102 cm³/mol. The number of benzene rings is 1. The minimum absolute atomic E-state index is 0.179. The van der Waals surface area contributed by atoms with Crippen LogP contribution in [0, 0.1) is 0 Å². The van der Waals surface area contributed by atoms with Crippen LogP contribution in [0.4, 0.5) is 5.69 Å². The second-order valence-corrected chi connectivity index (χ2v) is 6.25. The van der Waals surface area contributed by atoms with Gasteiger partial charge in [-0.2, -0.15) is 0 Å². The Balaban J connectivity index is 1.69. The number of furan rings is 2. The molecule has 0 atom stereocenters. The first-order valence-corrected chi connectivity index (χ1v) is 9.10. The fourth-order valence-corrected chi connectivity index (χ4v) is 2.91. The van der Waals surface area contributed by atoms with Crippen LogP contribution in [0.3, 0.4) is 0 Å². The summed E-state index contributed by atoms with van der Waals surface area (Å²) in [7, 11) is 0. The standard InChI is InChI=1S/C21H22N2O5/c1-2-26-21(25)18-9-3-4-10-19(18)22-20(24)15-23(13-16-7-5-11-27-16)14-17-8-6-12-28-17/h3-12H,2,13-15H2,1H3,(H,22,24)/p+1. The Morgan fingerprint density at radius 3 is 2.18 bits per heavy atom. The van der Waals surface area contributed by atoms with E-state index in [4.69, 9.17) is 13.6 Å². The fourth-order valence-electron chi connectivity index (χ4n) is 2.91. The molecule has 28 heavy (non-hydrogen) atoms. The number of rotatable bonds is 9. The quantitative estimate of drug-likeness (QED) is 0.554. The number of hydrogen-bond donors (Lipinski definition) is 2. The van der Waals surface area contributed by atoms with Crippen LogP contribution >= 0.6 is 0 Å². The third kappa shape index (κ3) is 5.34. The molecule has 0 unspecified atom stereocenters. The highest BCUT2D eigenvalue weighted by Crippen LogP contribution is 2.16. The van der Waals surface area contributed by atoms with Crippen molar-refractivity contribution in [1.82, 2.24) is 0 Å². The first kappa shape index (κ1) is 19.4. The molecule has 0 radical (unpaired) electrons. The van der Waals surface area contributed by atoms with E-state index < -0.39 is 5.97 Å². The van der Waals surface area contributed by atoms with Gasteiger partial charge in [0.25, 0.3) is 5.91 Å². The SMILES string of the molecule is CCOC(=O)c1ccccc1NC(=O)C[NH+](Cc1ccco1)Cc1ccco1. The van der Waals surface area contributed by atoms with E-state index in [0.717, 1.165) is 16.4 Å². The summed E-state index contributed by atoms with van der Waals surface area (Å²) in [6, 6.07) is 14.2. The zero-order chi connectivity index (χ0) is 19.8. The van der Waals surface area contributed by atoms with Gasteiger partial charge in [-0.25, -0.2) is 4.79 Å². The molecule has 0 aliphatic rings. The minimum atomic E-state index is -0.464. The zero-order valence-corrected chi connectivity index (χ0v) is 15.6. The molecule has 2 heterocycles. The first-order valence-electron chi connectivity index (χ1n) is 9.10. The Morgan fingerprint density at radius 2 is 1.61 bits per heavy atom. The lowest BCUT2D eigenvalue weighted by Gasteiger charge is -2.17. The van der Waals surface area contributed by atoms with Crippen molar-refractivity contribution in [2.45, 2.75) is 20.0 Å². The number of carbonyl (C=O) groups excluding carboxylic acids is 2. The van der Waals surface area contributed by atoms with Crippen molar-refractivity contribution >= 4 is 17.6 Å². The lowest BCUT2D eigenvalue weighted by atomic mass is 10.2. The first-order chi connectivity index (χ1) is 13.7. The van der Waals surface area contributed by atoms with Gasteiger partial charge in [0.05, 0.1) is 30.4 Å². The average molecular weight is 383 g/mol. The highest BCUT2D eigenvalue weighted by atomic mass is 16.5. The molecule has 1 amide bonds. The molecule has 7 heteroatoms. The molecule has 0 fully saturated rings. The van der Waals surface area contributed by atoms with Crippen molar-refractivity contribution in [3.05, 3.63) is 78.1 Å². The van der Waals surface area contributed by atoms with Crippen molar-refractivity contribution in [1.29, 1.82) is 0 Å². The molecule has 2 aromatic heterocycles. The number of carbonyl (C=O) groups is 2. The number of ether oxygens (including phenoxy) is 1. The van der Waals surface area contributed by atoms with Crippen LogP contribution in [-0.4, -0.2) is 25.0 Å². The molecule has 2 N–H and O–H groups in total. The third-order valence-electron chi connectivity index (χ3n) is 4.12. The second kappa shape index (κ2) is 9.57. The van der Waals surface area contributed by atoms with Gasteiger partial charge in [0, 0.05) is 0 Å². The van der Waals surface area contributed by atoms with E-state index in [1.165, 1.54) is 0 Å². The largest absolute Gasteiger partial charge is 0.463 e. The van der Waals surface area contributed by atoms with E-state index in [-0.39, 0.29) is 19.1 Å². The number of esters is 1. The summed E-state index contributed by atoms with van der Waals surface area (Å²) in [5.74, 6) is 0.876. The van der Waals surface area contributed by atoms with Crippen LogP contribution < -0.4 is 10.2 Å². The summed E-state index contributed by atoms with van der Waals surface area (Å²) >= 11 is 0. The average Bonchev–Trinajstić information content (AvgIpc) is 3.36. The molecule has 0 spiro atoms. The molecule has 7 nitrogen and oxygen atoms in total. The van der Waals surface area contributed by atoms with Crippen LogP contribution in [0.1, 0.15) is 28.8 Å². The molecule has 0 saturated heterocycles. The van der Waals surface area contributed by atoms with Gasteiger partial charge in [-0.15, -0.1) is 0 Å². The van der Waals surface area contributed by atoms with Gasteiger partial charge in [-0.05, 0) is 43.3 Å². The van der Waals surface area contributed by atoms with Crippen LogP contribution in [0.15, 0.2) is 69.9 Å². The minimum Gasteiger partial charge on any atom is -0.463 e. The summed E-state index contributed by atoms with van der Waals surface area (Å²) in [4.78, 5) is 25.7. The zero-order valence-electron chi connectivity index (χ0n) is 15.6. The van der Waals surface area contributed by atoms with E-state index >= 15 is 0 Å². The molecule has 3 aromatic rings.